The predicted octanol–water partition coefficient (Wildman–Crippen LogP) is 2.87. The summed E-state index contributed by atoms with van der Waals surface area (Å²) in [7, 11) is 1.58. The quantitative estimate of drug-likeness (QED) is 0.314. The Bertz CT molecular complexity index is 1100. The second-order valence-electron chi connectivity index (χ2n) is 9.62. The number of hydrogen-bond acceptors (Lipinski definition) is 10. The van der Waals surface area contributed by atoms with Gasteiger partial charge in [-0.25, -0.2) is 9.86 Å². The topological polar surface area (TPSA) is 125 Å². The van der Waals surface area contributed by atoms with Gasteiger partial charge in [-0.1, -0.05) is 43.7 Å². The number of aliphatic hydroxyl groups is 1. The lowest BCUT2D eigenvalue weighted by molar-refractivity contribution is -0.339. The third kappa shape index (κ3) is 6.91. The fraction of sp³-hybridized carbons (Fsp3) is 0.517. The van der Waals surface area contributed by atoms with Crippen LogP contribution in [0.2, 0.25) is 0 Å². The van der Waals surface area contributed by atoms with E-state index in [1.54, 1.807) is 31.4 Å². The minimum atomic E-state index is -1.45. The third-order valence-electron chi connectivity index (χ3n) is 6.76. The molecule has 0 saturated carbocycles. The van der Waals surface area contributed by atoms with Crippen LogP contribution in [0, 0.1) is 0 Å². The van der Waals surface area contributed by atoms with Gasteiger partial charge in [-0.3, -0.25) is 9.63 Å². The third-order valence-corrected chi connectivity index (χ3v) is 6.76. The van der Waals surface area contributed by atoms with Crippen molar-refractivity contribution in [2.45, 2.75) is 76.6 Å². The van der Waals surface area contributed by atoms with E-state index in [1.807, 2.05) is 44.2 Å². The van der Waals surface area contributed by atoms with Crippen molar-refractivity contribution >= 4 is 17.6 Å². The van der Waals surface area contributed by atoms with Crippen LogP contribution in [0.1, 0.15) is 45.5 Å². The summed E-state index contributed by atoms with van der Waals surface area (Å²) in [6, 6.07) is 14.6. The molecule has 7 atom stereocenters. The average Bonchev–Trinajstić information content (AvgIpc) is 2.96. The molecule has 2 aliphatic heterocycles. The van der Waals surface area contributed by atoms with Gasteiger partial charge < -0.3 is 34.1 Å². The molecule has 2 aromatic rings. The lowest BCUT2D eigenvalue weighted by Crippen LogP contribution is -2.67. The molecule has 11 heteroatoms. The molecule has 0 aliphatic carbocycles. The zero-order valence-electron chi connectivity index (χ0n) is 23.2. The largest absolute Gasteiger partial charge is 0.497 e. The first kappa shape index (κ1) is 29.8. The van der Waals surface area contributed by atoms with Crippen molar-refractivity contribution in [1.29, 1.82) is 0 Å². The highest BCUT2D eigenvalue weighted by Crippen LogP contribution is 2.35. The standard InChI is InChI=1S/C29H38N2O9/c1-5-10-22(31(37-6-2)20-13-15-21(35-4)16-14-20)27(33)39-26-24(30-18(3)32)28(34)38-23-17-36-29(40-25(23)26)19-11-8-7-9-12-19/h7-9,11-16,22-26,28-29,34H,5-6,10,17H2,1-4H3,(H,30,32)/t22-,23+,24+,25+,26+,28?,29?/m0/s1. The summed E-state index contributed by atoms with van der Waals surface area (Å²) in [6.07, 6.45) is -3.73. The van der Waals surface area contributed by atoms with Crippen LogP contribution in [0.5, 0.6) is 5.75 Å². The number of carbonyl (C=O) groups excluding carboxylic acids is 2. The molecule has 1 amide bonds. The Morgan fingerprint density at radius 3 is 2.45 bits per heavy atom. The smallest absolute Gasteiger partial charge is 0.331 e. The van der Waals surface area contributed by atoms with Gasteiger partial charge >= 0.3 is 5.97 Å². The minimum absolute atomic E-state index is 0.0947. The maximum Gasteiger partial charge on any atom is 0.331 e. The number of anilines is 1. The van der Waals surface area contributed by atoms with Gasteiger partial charge in [0.15, 0.2) is 24.7 Å². The van der Waals surface area contributed by atoms with Gasteiger partial charge in [-0.05, 0) is 37.6 Å². The van der Waals surface area contributed by atoms with E-state index in [4.69, 9.17) is 28.5 Å². The van der Waals surface area contributed by atoms with Crippen LogP contribution in [0.3, 0.4) is 0 Å². The monoisotopic (exact) mass is 558 g/mol. The van der Waals surface area contributed by atoms with Gasteiger partial charge in [0.1, 0.15) is 24.0 Å². The van der Waals surface area contributed by atoms with E-state index in [0.29, 0.717) is 30.9 Å². The fourth-order valence-electron chi connectivity index (χ4n) is 4.93. The molecular formula is C29H38N2O9. The van der Waals surface area contributed by atoms with Gasteiger partial charge in [-0.2, -0.15) is 0 Å². The Balaban J connectivity index is 1.63. The molecule has 40 heavy (non-hydrogen) atoms. The molecule has 218 valence electrons. The average molecular weight is 559 g/mol. The molecule has 2 aromatic carbocycles. The zero-order valence-corrected chi connectivity index (χ0v) is 23.2. The summed E-state index contributed by atoms with van der Waals surface area (Å²) in [5.41, 5.74) is 1.42. The molecule has 2 N–H and O–H groups in total. The van der Waals surface area contributed by atoms with Crippen LogP contribution < -0.4 is 15.1 Å². The summed E-state index contributed by atoms with van der Waals surface area (Å²) < 4.78 is 29.2. The minimum Gasteiger partial charge on any atom is -0.497 e. The SMILES string of the molecule is CCC[C@@H](C(=O)O[C@H]1[C@@H]2OC(c3ccccc3)OC[C@H]2OC(O)[C@@H]1NC(C)=O)N(OCC)c1ccc(OC)cc1. The summed E-state index contributed by atoms with van der Waals surface area (Å²) in [5.74, 6) is -0.344. The lowest BCUT2D eigenvalue weighted by Gasteiger charge is -2.48. The highest BCUT2D eigenvalue weighted by Gasteiger charge is 2.52. The molecule has 4 rings (SSSR count). The second-order valence-corrected chi connectivity index (χ2v) is 9.62. The maximum absolute atomic E-state index is 13.9. The highest BCUT2D eigenvalue weighted by atomic mass is 16.7. The van der Waals surface area contributed by atoms with Gasteiger partial charge in [0, 0.05) is 12.5 Å². The number of methoxy groups -OCH3 is 1. The first-order valence-electron chi connectivity index (χ1n) is 13.6. The Hall–Kier alpha value is -3.22. The Morgan fingerprint density at radius 2 is 1.82 bits per heavy atom. The van der Waals surface area contributed by atoms with E-state index in [9.17, 15) is 14.7 Å². The summed E-state index contributed by atoms with van der Waals surface area (Å²) >= 11 is 0. The summed E-state index contributed by atoms with van der Waals surface area (Å²) in [6.45, 7) is 5.51. The number of ether oxygens (including phenoxy) is 5. The number of nitrogens with one attached hydrogen (secondary N) is 1. The molecule has 0 bridgehead atoms. The Morgan fingerprint density at radius 1 is 1.10 bits per heavy atom. The first-order valence-corrected chi connectivity index (χ1v) is 13.6. The highest BCUT2D eigenvalue weighted by molar-refractivity contribution is 5.80. The van der Waals surface area contributed by atoms with Gasteiger partial charge in [0.2, 0.25) is 5.91 Å². The predicted molar refractivity (Wildman–Crippen MR) is 144 cm³/mol. The number of esters is 1. The van der Waals surface area contributed by atoms with E-state index in [2.05, 4.69) is 5.32 Å². The molecule has 0 radical (unpaired) electrons. The van der Waals surface area contributed by atoms with Crippen molar-refractivity contribution in [3.63, 3.8) is 0 Å². The Labute approximate surface area is 234 Å². The normalized spacial score (nSPS) is 26.7. The van der Waals surface area contributed by atoms with E-state index < -0.39 is 54.9 Å². The van der Waals surface area contributed by atoms with E-state index in [1.165, 1.54) is 12.0 Å². The van der Waals surface area contributed by atoms with Crippen LogP contribution in [0.15, 0.2) is 54.6 Å². The number of fused-ring (bicyclic) bond motifs is 1. The van der Waals surface area contributed by atoms with E-state index in [-0.39, 0.29) is 6.61 Å². The van der Waals surface area contributed by atoms with Crippen LogP contribution in [0.25, 0.3) is 0 Å². The molecule has 2 unspecified atom stereocenters. The number of aliphatic hydroxyl groups excluding tert-OH is 1. The first-order chi connectivity index (χ1) is 19.4. The van der Waals surface area contributed by atoms with Crippen molar-refractivity contribution in [2.75, 3.05) is 25.4 Å². The maximum atomic E-state index is 13.9. The molecule has 0 aromatic heterocycles. The van der Waals surface area contributed by atoms with Crippen molar-refractivity contribution < 1.29 is 43.2 Å². The summed E-state index contributed by atoms with van der Waals surface area (Å²) in [4.78, 5) is 31.9. The number of carbonyl (C=O) groups is 2. The molecule has 11 nitrogen and oxygen atoms in total. The zero-order chi connectivity index (χ0) is 28.6. The fourth-order valence-corrected chi connectivity index (χ4v) is 4.93. The molecule has 0 spiro atoms. The van der Waals surface area contributed by atoms with Crippen LogP contribution in [-0.2, 0) is 33.4 Å². The molecule has 2 fully saturated rings. The van der Waals surface area contributed by atoms with Crippen molar-refractivity contribution in [1.82, 2.24) is 5.32 Å². The van der Waals surface area contributed by atoms with Crippen molar-refractivity contribution in [3.8, 4) is 5.75 Å². The number of benzene rings is 2. The van der Waals surface area contributed by atoms with Crippen LogP contribution >= 0.6 is 0 Å². The van der Waals surface area contributed by atoms with Crippen LogP contribution in [-0.4, -0.2) is 74.0 Å². The van der Waals surface area contributed by atoms with Gasteiger partial charge in [-0.15, -0.1) is 0 Å². The molecule has 2 saturated heterocycles. The molecule has 2 aliphatic rings. The number of rotatable bonds is 11. The second kappa shape index (κ2) is 13.9. The van der Waals surface area contributed by atoms with Gasteiger partial charge in [0.25, 0.3) is 0 Å². The van der Waals surface area contributed by atoms with Crippen molar-refractivity contribution in [3.05, 3.63) is 60.2 Å². The Kier molecular flexibility index (Phi) is 10.3. The van der Waals surface area contributed by atoms with Gasteiger partial charge in [0.05, 0.1) is 26.0 Å². The van der Waals surface area contributed by atoms with Crippen LogP contribution in [0.4, 0.5) is 5.69 Å². The number of hydrogen-bond donors (Lipinski definition) is 2. The number of hydroxylamine groups is 1. The lowest BCUT2D eigenvalue weighted by atomic mass is 9.95. The number of nitrogens with zero attached hydrogens (tertiary/aromatic N) is 1. The number of amides is 1. The molecule has 2 heterocycles. The van der Waals surface area contributed by atoms with E-state index >= 15 is 0 Å². The van der Waals surface area contributed by atoms with Crippen molar-refractivity contribution in [2.24, 2.45) is 0 Å². The summed E-state index contributed by atoms with van der Waals surface area (Å²) in [5, 5.41) is 15.0. The van der Waals surface area contributed by atoms with E-state index in [0.717, 1.165) is 5.56 Å². The molecular weight excluding hydrogens is 520 g/mol.